The molecule has 2 rings (SSSR count). The van der Waals surface area contributed by atoms with Crippen molar-refractivity contribution in [2.75, 3.05) is 20.3 Å². The zero-order valence-corrected chi connectivity index (χ0v) is 12.8. The van der Waals surface area contributed by atoms with Gasteiger partial charge in [-0.25, -0.2) is 13.1 Å². The third kappa shape index (κ3) is 4.14. The van der Waals surface area contributed by atoms with E-state index in [1.54, 1.807) is 19.2 Å². The van der Waals surface area contributed by atoms with Crippen molar-refractivity contribution in [3.63, 3.8) is 0 Å². The molecule has 2 aromatic rings. The van der Waals surface area contributed by atoms with Crippen LogP contribution in [0.1, 0.15) is 6.42 Å². The summed E-state index contributed by atoms with van der Waals surface area (Å²) in [5, 5.41) is 0. The first-order valence-corrected chi connectivity index (χ1v) is 8.26. The minimum absolute atomic E-state index is 0.300. The number of rotatable bonds is 7. The molecular weight excluding hydrogens is 286 g/mol. The standard InChI is InChI=1S/C16H19NO3S/c1-20-13-7-12-17-21(18,19)16-11-6-5-10-15(16)14-8-3-2-4-9-14/h2-6,8-11,17H,7,12-13H2,1H3. The van der Waals surface area contributed by atoms with Gasteiger partial charge in [-0.15, -0.1) is 0 Å². The van der Waals surface area contributed by atoms with Crippen molar-refractivity contribution in [1.29, 1.82) is 0 Å². The summed E-state index contributed by atoms with van der Waals surface area (Å²) in [5.41, 5.74) is 1.59. The van der Waals surface area contributed by atoms with Crippen molar-refractivity contribution in [3.8, 4) is 11.1 Å². The highest BCUT2D eigenvalue weighted by atomic mass is 32.2. The Morgan fingerprint density at radius 1 is 1.00 bits per heavy atom. The van der Waals surface area contributed by atoms with Crippen LogP contribution in [0, 0.1) is 0 Å². The Balaban J connectivity index is 2.28. The van der Waals surface area contributed by atoms with Crippen molar-refractivity contribution in [3.05, 3.63) is 54.6 Å². The Morgan fingerprint density at radius 3 is 2.38 bits per heavy atom. The summed E-state index contributed by atoms with van der Waals surface area (Å²) in [6.07, 6.45) is 0.642. The lowest BCUT2D eigenvalue weighted by molar-refractivity contribution is 0.196. The maximum atomic E-state index is 12.4. The molecule has 4 nitrogen and oxygen atoms in total. The molecule has 0 aliphatic rings. The molecule has 21 heavy (non-hydrogen) atoms. The van der Waals surface area contributed by atoms with Gasteiger partial charge in [0.15, 0.2) is 0 Å². The Hall–Kier alpha value is -1.69. The lowest BCUT2D eigenvalue weighted by Crippen LogP contribution is -2.26. The van der Waals surface area contributed by atoms with E-state index in [-0.39, 0.29) is 0 Å². The van der Waals surface area contributed by atoms with Gasteiger partial charge in [-0.3, -0.25) is 0 Å². The number of ether oxygens (including phenoxy) is 1. The minimum Gasteiger partial charge on any atom is -0.385 e. The van der Waals surface area contributed by atoms with Crippen molar-refractivity contribution in [2.45, 2.75) is 11.3 Å². The van der Waals surface area contributed by atoms with Gasteiger partial charge in [-0.05, 0) is 18.1 Å². The van der Waals surface area contributed by atoms with Crippen molar-refractivity contribution in [1.82, 2.24) is 4.72 Å². The van der Waals surface area contributed by atoms with Crippen LogP contribution in [0.25, 0.3) is 11.1 Å². The molecule has 1 N–H and O–H groups in total. The Labute approximate surface area is 125 Å². The van der Waals surface area contributed by atoms with Crippen LogP contribution in [0.5, 0.6) is 0 Å². The van der Waals surface area contributed by atoms with Gasteiger partial charge in [0.1, 0.15) is 0 Å². The molecule has 112 valence electrons. The largest absolute Gasteiger partial charge is 0.385 e. The lowest BCUT2D eigenvalue weighted by Gasteiger charge is -2.11. The molecule has 0 heterocycles. The topological polar surface area (TPSA) is 55.4 Å². The first-order chi connectivity index (χ1) is 10.1. The van der Waals surface area contributed by atoms with E-state index in [1.807, 2.05) is 42.5 Å². The molecule has 0 saturated heterocycles. The van der Waals surface area contributed by atoms with Gasteiger partial charge in [0.25, 0.3) is 0 Å². The van der Waals surface area contributed by atoms with Crippen LogP contribution in [-0.4, -0.2) is 28.7 Å². The number of nitrogens with one attached hydrogen (secondary N) is 1. The first kappa shape index (κ1) is 15.7. The van der Waals surface area contributed by atoms with Crippen LogP contribution in [-0.2, 0) is 14.8 Å². The van der Waals surface area contributed by atoms with E-state index in [9.17, 15) is 8.42 Å². The third-order valence-electron chi connectivity index (χ3n) is 3.08. The summed E-state index contributed by atoms with van der Waals surface area (Å²) in [4.78, 5) is 0.300. The number of sulfonamides is 1. The molecule has 2 aromatic carbocycles. The monoisotopic (exact) mass is 305 g/mol. The average molecular weight is 305 g/mol. The van der Waals surface area contributed by atoms with E-state index in [2.05, 4.69) is 4.72 Å². The van der Waals surface area contributed by atoms with Crippen molar-refractivity contribution < 1.29 is 13.2 Å². The Bertz CT molecular complexity index is 669. The third-order valence-corrected chi connectivity index (χ3v) is 4.60. The minimum atomic E-state index is -3.53. The van der Waals surface area contributed by atoms with Crippen molar-refractivity contribution in [2.24, 2.45) is 0 Å². The fourth-order valence-corrected chi connectivity index (χ4v) is 3.36. The highest BCUT2D eigenvalue weighted by Crippen LogP contribution is 2.26. The smallest absolute Gasteiger partial charge is 0.241 e. The summed E-state index contributed by atoms with van der Waals surface area (Å²) in [5.74, 6) is 0. The zero-order valence-electron chi connectivity index (χ0n) is 12.0. The van der Waals surface area contributed by atoms with Crippen LogP contribution in [0.4, 0.5) is 0 Å². The molecule has 0 radical (unpaired) electrons. The Morgan fingerprint density at radius 2 is 1.67 bits per heavy atom. The molecule has 0 aliphatic heterocycles. The average Bonchev–Trinajstić information content (AvgIpc) is 2.52. The first-order valence-electron chi connectivity index (χ1n) is 6.78. The quantitative estimate of drug-likeness (QED) is 0.800. The lowest BCUT2D eigenvalue weighted by atomic mass is 10.1. The molecule has 0 atom stereocenters. The second kappa shape index (κ2) is 7.36. The fraction of sp³-hybridized carbons (Fsp3) is 0.250. The normalized spacial score (nSPS) is 11.5. The number of benzene rings is 2. The molecule has 0 amide bonds. The molecule has 0 unspecified atom stereocenters. The second-order valence-corrected chi connectivity index (χ2v) is 6.34. The zero-order chi connectivity index (χ0) is 15.1. The van der Waals surface area contributed by atoms with E-state index >= 15 is 0 Å². The molecule has 0 aliphatic carbocycles. The highest BCUT2D eigenvalue weighted by molar-refractivity contribution is 7.89. The van der Waals surface area contributed by atoms with Crippen LogP contribution in [0.3, 0.4) is 0 Å². The van der Waals surface area contributed by atoms with Crippen LogP contribution in [0.15, 0.2) is 59.5 Å². The highest BCUT2D eigenvalue weighted by Gasteiger charge is 2.18. The number of methoxy groups -OCH3 is 1. The predicted molar refractivity (Wildman–Crippen MR) is 83.6 cm³/mol. The molecule has 0 spiro atoms. The van der Waals surface area contributed by atoms with Gasteiger partial charge < -0.3 is 4.74 Å². The molecule has 0 bridgehead atoms. The van der Waals surface area contributed by atoms with Crippen LogP contribution >= 0.6 is 0 Å². The van der Waals surface area contributed by atoms with Gasteiger partial charge in [0, 0.05) is 25.8 Å². The maximum Gasteiger partial charge on any atom is 0.241 e. The molecule has 0 aromatic heterocycles. The van der Waals surface area contributed by atoms with E-state index < -0.39 is 10.0 Å². The summed E-state index contributed by atoms with van der Waals surface area (Å²) in [6.45, 7) is 0.891. The molecule has 5 heteroatoms. The van der Waals surface area contributed by atoms with Crippen LogP contribution < -0.4 is 4.72 Å². The van der Waals surface area contributed by atoms with Crippen LogP contribution in [0.2, 0.25) is 0 Å². The summed E-state index contributed by atoms with van der Waals surface area (Å²) in [7, 11) is -1.93. The molecule has 0 fully saturated rings. The van der Waals surface area contributed by atoms with E-state index in [1.165, 1.54) is 0 Å². The van der Waals surface area contributed by atoms with Gasteiger partial charge in [-0.1, -0.05) is 48.5 Å². The fourth-order valence-electron chi connectivity index (χ4n) is 2.06. The number of hydrogen-bond donors (Lipinski definition) is 1. The van der Waals surface area contributed by atoms with E-state index in [4.69, 9.17) is 4.74 Å². The Kier molecular flexibility index (Phi) is 5.50. The van der Waals surface area contributed by atoms with Crippen molar-refractivity contribution >= 4 is 10.0 Å². The SMILES string of the molecule is COCCCNS(=O)(=O)c1ccccc1-c1ccccc1. The van der Waals surface area contributed by atoms with E-state index in [0.717, 1.165) is 5.56 Å². The summed E-state index contributed by atoms with van der Waals surface area (Å²) < 4.78 is 32.4. The van der Waals surface area contributed by atoms with E-state index in [0.29, 0.717) is 30.0 Å². The second-order valence-electron chi connectivity index (χ2n) is 4.61. The summed E-state index contributed by atoms with van der Waals surface area (Å²) in [6, 6.07) is 16.5. The number of hydrogen-bond acceptors (Lipinski definition) is 3. The van der Waals surface area contributed by atoms with Gasteiger partial charge in [0.05, 0.1) is 4.90 Å². The van der Waals surface area contributed by atoms with Gasteiger partial charge in [-0.2, -0.15) is 0 Å². The maximum absolute atomic E-state index is 12.4. The van der Waals surface area contributed by atoms with Gasteiger partial charge >= 0.3 is 0 Å². The molecule has 0 saturated carbocycles. The predicted octanol–water partition coefficient (Wildman–Crippen LogP) is 2.67. The molecular formula is C16H19NO3S. The summed E-state index contributed by atoms with van der Waals surface area (Å²) >= 11 is 0. The van der Waals surface area contributed by atoms with Gasteiger partial charge in [0.2, 0.25) is 10.0 Å².